The van der Waals surface area contributed by atoms with Gasteiger partial charge in [0.25, 0.3) is 0 Å². The minimum absolute atomic E-state index is 0.0589. The van der Waals surface area contributed by atoms with Gasteiger partial charge in [0.1, 0.15) is 22.3 Å². The first-order valence-electron chi connectivity index (χ1n) is 4.75. The van der Waals surface area contributed by atoms with Gasteiger partial charge in [-0.3, -0.25) is 4.79 Å². The zero-order chi connectivity index (χ0) is 12.4. The lowest BCUT2D eigenvalue weighted by Crippen LogP contribution is -2.04. The summed E-state index contributed by atoms with van der Waals surface area (Å²) in [5, 5.41) is 2.12. The molecule has 1 heterocycles. The molecule has 3 nitrogen and oxygen atoms in total. The van der Waals surface area contributed by atoms with E-state index < -0.39 is 17.4 Å². The lowest BCUT2D eigenvalue weighted by atomic mass is 10.1. The van der Waals surface area contributed by atoms with E-state index in [1.807, 2.05) is 0 Å². The van der Waals surface area contributed by atoms with Crippen LogP contribution in [0.25, 0.3) is 0 Å². The second-order valence-corrected chi connectivity index (χ2v) is 4.26. The smallest absolute Gasteiger partial charge is 0.212 e. The van der Waals surface area contributed by atoms with Crippen molar-refractivity contribution >= 4 is 17.1 Å². The molecule has 0 aliphatic carbocycles. The summed E-state index contributed by atoms with van der Waals surface area (Å²) in [6.07, 6.45) is 0. The van der Waals surface area contributed by atoms with Gasteiger partial charge in [-0.25, -0.2) is 13.8 Å². The minimum Gasteiger partial charge on any atom is -0.325 e. The van der Waals surface area contributed by atoms with Crippen molar-refractivity contribution < 1.29 is 13.6 Å². The number of hydrogen-bond acceptors (Lipinski definition) is 4. The normalized spacial score (nSPS) is 10.5. The highest BCUT2D eigenvalue weighted by Gasteiger charge is 2.14. The average Bonchev–Trinajstić information content (AvgIpc) is 2.75. The van der Waals surface area contributed by atoms with E-state index in [2.05, 4.69) is 4.98 Å². The number of aromatic nitrogens is 1. The van der Waals surface area contributed by atoms with Gasteiger partial charge in [0.2, 0.25) is 5.78 Å². The summed E-state index contributed by atoms with van der Waals surface area (Å²) >= 11 is 1.24. The number of nitrogens with two attached hydrogens (primary N) is 1. The maximum absolute atomic E-state index is 12.9. The van der Waals surface area contributed by atoms with E-state index in [1.165, 1.54) is 16.7 Å². The first-order chi connectivity index (χ1) is 8.10. The van der Waals surface area contributed by atoms with Crippen LogP contribution in [0.1, 0.15) is 21.1 Å². The van der Waals surface area contributed by atoms with Crippen molar-refractivity contribution in [3.63, 3.8) is 0 Å². The number of benzene rings is 1. The predicted molar refractivity (Wildman–Crippen MR) is 59.8 cm³/mol. The number of halogens is 2. The number of hydrogen-bond donors (Lipinski definition) is 1. The highest BCUT2D eigenvalue weighted by molar-refractivity contribution is 7.09. The van der Waals surface area contributed by atoms with E-state index in [9.17, 15) is 13.6 Å². The van der Waals surface area contributed by atoms with Crippen LogP contribution in [0.5, 0.6) is 0 Å². The average molecular weight is 254 g/mol. The molecule has 0 aliphatic rings. The van der Waals surface area contributed by atoms with Crippen LogP contribution < -0.4 is 5.73 Å². The molecule has 1 aromatic heterocycles. The molecule has 0 unspecified atom stereocenters. The fraction of sp³-hybridized carbons (Fsp3) is 0.0909. The van der Waals surface area contributed by atoms with Gasteiger partial charge in [0.05, 0.1) is 0 Å². The molecule has 0 saturated heterocycles. The van der Waals surface area contributed by atoms with Crippen LogP contribution in [0, 0.1) is 11.6 Å². The Morgan fingerprint density at radius 2 is 1.94 bits per heavy atom. The van der Waals surface area contributed by atoms with Crippen molar-refractivity contribution in [1.29, 1.82) is 0 Å². The van der Waals surface area contributed by atoms with E-state index in [1.54, 1.807) is 0 Å². The zero-order valence-corrected chi connectivity index (χ0v) is 9.43. The van der Waals surface area contributed by atoms with Gasteiger partial charge in [0, 0.05) is 23.6 Å². The maximum atomic E-state index is 12.9. The predicted octanol–water partition coefficient (Wildman–Crippen LogP) is 2.11. The molecule has 2 N–H and O–H groups in total. The molecule has 0 amide bonds. The summed E-state index contributed by atoms with van der Waals surface area (Å²) in [4.78, 5) is 15.8. The highest BCUT2D eigenvalue weighted by atomic mass is 32.1. The monoisotopic (exact) mass is 254 g/mol. The van der Waals surface area contributed by atoms with Crippen LogP contribution in [-0.4, -0.2) is 10.8 Å². The fourth-order valence-electron chi connectivity index (χ4n) is 1.34. The number of carbonyl (C=O) groups excluding carboxylic acids is 1. The summed E-state index contributed by atoms with van der Waals surface area (Å²) in [5.74, 6) is -2.09. The van der Waals surface area contributed by atoms with E-state index in [-0.39, 0.29) is 17.8 Å². The fourth-order valence-corrected chi connectivity index (χ4v) is 2.00. The third-order valence-corrected chi connectivity index (χ3v) is 2.95. The van der Waals surface area contributed by atoms with Crippen molar-refractivity contribution in [2.24, 2.45) is 5.73 Å². The van der Waals surface area contributed by atoms with Gasteiger partial charge < -0.3 is 5.73 Å². The molecule has 0 radical (unpaired) electrons. The van der Waals surface area contributed by atoms with Gasteiger partial charge >= 0.3 is 0 Å². The van der Waals surface area contributed by atoms with Gasteiger partial charge in [-0.05, 0) is 12.1 Å². The highest BCUT2D eigenvalue weighted by Crippen LogP contribution is 2.15. The second kappa shape index (κ2) is 4.68. The summed E-state index contributed by atoms with van der Waals surface area (Å²) in [7, 11) is 0. The first-order valence-corrected chi connectivity index (χ1v) is 5.63. The molecule has 0 aliphatic heterocycles. The quantitative estimate of drug-likeness (QED) is 0.853. The minimum atomic E-state index is -0.789. The lowest BCUT2D eigenvalue weighted by molar-refractivity contribution is 0.103. The SMILES string of the molecule is NCc1nc(C(=O)c2cc(F)cc(F)c2)cs1. The molecule has 2 aromatic rings. The van der Waals surface area contributed by atoms with Crippen LogP contribution in [0.4, 0.5) is 8.78 Å². The summed E-state index contributed by atoms with van der Waals surface area (Å²) in [6.45, 7) is 0.232. The third kappa shape index (κ3) is 2.54. The van der Waals surface area contributed by atoms with Crippen LogP contribution in [0.2, 0.25) is 0 Å². The number of ketones is 1. The number of thiazole rings is 1. The van der Waals surface area contributed by atoms with E-state index >= 15 is 0 Å². The molecular weight excluding hydrogens is 246 g/mol. The van der Waals surface area contributed by atoms with Crippen LogP contribution in [0.15, 0.2) is 23.6 Å². The van der Waals surface area contributed by atoms with Gasteiger partial charge in [-0.1, -0.05) is 0 Å². The Labute approximate surface area is 99.9 Å². The Morgan fingerprint density at radius 1 is 1.29 bits per heavy atom. The van der Waals surface area contributed by atoms with Crippen molar-refractivity contribution in [3.05, 3.63) is 51.5 Å². The van der Waals surface area contributed by atoms with E-state index in [0.717, 1.165) is 12.1 Å². The Hall–Kier alpha value is -1.66. The number of rotatable bonds is 3. The van der Waals surface area contributed by atoms with Crippen molar-refractivity contribution in [2.75, 3.05) is 0 Å². The Bertz CT molecular complexity index is 548. The van der Waals surface area contributed by atoms with Crippen molar-refractivity contribution in [3.8, 4) is 0 Å². The van der Waals surface area contributed by atoms with Crippen molar-refractivity contribution in [1.82, 2.24) is 4.98 Å². The molecule has 0 atom stereocenters. The van der Waals surface area contributed by atoms with Gasteiger partial charge in [-0.15, -0.1) is 11.3 Å². The van der Waals surface area contributed by atoms with Crippen molar-refractivity contribution in [2.45, 2.75) is 6.54 Å². The standard InChI is InChI=1S/C11H8F2N2OS/c12-7-1-6(2-8(13)3-7)11(16)9-5-17-10(4-14)15-9/h1-3,5H,4,14H2. The molecule has 0 fully saturated rings. The second-order valence-electron chi connectivity index (χ2n) is 3.32. The molecule has 0 spiro atoms. The molecule has 88 valence electrons. The number of carbonyl (C=O) groups is 1. The molecule has 0 bridgehead atoms. The molecule has 0 saturated carbocycles. The topological polar surface area (TPSA) is 56.0 Å². The largest absolute Gasteiger partial charge is 0.325 e. The summed E-state index contributed by atoms with van der Waals surface area (Å²) < 4.78 is 25.9. The molecular formula is C11H8F2N2OS. The summed E-state index contributed by atoms with van der Waals surface area (Å²) in [6, 6.07) is 2.67. The van der Waals surface area contributed by atoms with Gasteiger partial charge in [0.15, 0.2) is 0 Å². The maximum Gasteiger partial charge on any atom is 0.212 e. The third-order valence-electron chi connectivity index (χ3n) is 2.08. The van der Waals surface area contributed by atoms with Crippen LogP contribution in [-0.2, 0) is 6.54 Å². The molecule has 17 heavy (non-hydrogen) atoms. The Morgan fingerprint density at radius 3 is 2.47 bits per heavy atom. The Balaban J connectivity index is 2.36. The van der Waals surface area contributed by atoms with E-state index in [0.29, 0.717) is 11.1 Å². The van der Waals surface area contributed by atoms with Crippen LogP contribution >= 0.6 is 11.3 Å². The zero-order valence-electron chi connectivity index (χ0n) is 8.61. The Kier molecular flexibility index (Phi) is 3.26. The number of nitrogens with zero attached hydrogens (tertiary/aromatic N) is 1. The first kappa shape index (κ1) is 11.8. The molecule has 2 rings (SSSR count). The molecule has 6 heteroatoms. The molecule has 1 aromatic carbocycles. The lowest BCUT2D eigenvalue weighted by Gasteiger charge is -1.98. The van der Waals surface area contributed by atoms with Crippen LogP contribution in [0.3, 0.4) is 0 Å². The summed E-state index contributed by atoms with van der Waals surface area (Å²) in [5.41, 5.74) is 5.46. The van der Waals surface area contributed by atoms with Gasteiger partial charge in [-0.2, -0.15) is 0 Å². The van der Waals surface area contributed by atoms with E-state index in [4.69, 9.17) is 5.73 Å².